The first kappa shape index (κ1) is 16.8. The zero-order valence-electron chi connectivity index (χ0n) is 13.1. The van der Waals surface area contributed by atoms with Crippen molar-refractivity contribution < 1.29 is 19.4 Å². The summed E-state index contributed by atoms with van der Waals surface area (Å²) in [6.45, 7) is 5.03. The Hall–Kier alpha value is -2.24. The first-order chi connectivity index (χ1) is 9.68. The topological polar surface area (TPSA) is 70.1 Å². The normalized spacial score (nSPS) is 10.9. The van der Waals surface area contributed by atoms with Gasteiger partial charge in [0.25, 0.3) is 0 Å². The van der Waals surface area contributed by atoms with Crippen LogP contribution in [0.3, 0.4) is 0 Å². The number of carbonyl (C=O) groups excluding carboxylic acids is 1. The number of carboxylic acids is 1. The number of nitrogens with zero attached hydrogens (tertiary/aromatic N) is 2. The molecule has 1 aromatic carbocycles. The Morgan fingerprint density at radius 2 is 1.81 bits per heavy atom. The van der Waals surface area contributed by atoms with Crippen LogP contribution in [0.5, 0.6) is 5.75 Å². The van der Waals surface area contributed by atoms with Gasteiger partial charge in [-0.2, -0.15) is 0 Å². The lowest BCUT2D eigenvalue weighted by Crippen LogP contribution is -2.53. The third-order valence-corrected chi connectivity index (χ3v) is 3.07. The molecule has 0 heterocycles. The number of urea groups is 1. The van der Waals surface area contributed by atoms with E-state index in [1.807, 2.05) is 0 Å². The maximum Gasteiger partial charge on any atom is 0.325 e. The van der Waals surface area contributed by atoms with E-state index in [2.05, 4.69) is 0 Å². The zero-order valence-corrected chi connectivity index (χ0v) is 13.1. The van der Waals surface area contributed by atoms with Crippen LogP contribution in [-0.2, 0) is 4.79 Å². The van der Waals surface area contributed by atoms with Gasteiger partial charge in [-0.1, -0.05) is 12.1 Å². The highest BCUT2D eigenvalue weighted by atomic mass is 16.5. The van der Waals surface area contributed by atoms with Crippen molar-refractivity contribution >= 4 is 17.7 Å². The van der Waals surface area contributed by atoms with Crippen LogP contribution in [0.1, 0.15) is 20.8 Å². The van der Waals surface area contributed by atoms with Crippen molar-refractivity contribution in [1.29, 1.82) is 0 Å². The molecule has 1 N–H and O–H groups in total. The molecule has 0 aliphatic heterocycles. The van der Waals surface area contributed by atoms with Crippen molar-refractivity contribution in [3.8, 4) is 5.75 Å². The van der Waals surface area contributed by atoms with Crippen LogP contribution in [0.25, 0.3) is 0 Å². The third kappa shape index (κ3) is 4.11. The molecule has 0 saturated heterocycles. The number of benzene rings is 1. The van der Waals surface area contributed by atoms with Crippen LogP contribution in [-0.4, -0.2) is 48.2 Å². The molecular formula is C15H22N2O4. The summed E-state index contributed by atoms with van der Waals surface area (Å²) in [7, 11) is 3.12. The Bertz CT molecular complexity index is 523. The number of aliphatic carboxylic acids is 1. The molecular weight excluding hydrogens is 272 g/mol. The molecule has 0 bridgehead atoms. The lowest BCUT2D eigenvalue weighted by Gasteiger charge is -2.37. The summed E-state index contributed by atoms with van der Waals surface area (Å²) in [6.07, 6.45) is 0. The van der Waals surface area contributed by atoms with E-state index in [1.165, 1.54) is 16.9 Å². The van der Waals surface area contributed by atoms with Crippen LogP contribution in [0.15, 0.2) is 24.3 Å². The summed E-state index contributed by atoms with van der Waals surface area (Å²) in [6, 6.07) is 6.70. The Labute approximate surface area is 124 Å². The predicted octanol–water partition coefficient (Wildman–Crippen LogP) is 2.44. The Morgan fingerprint density at radius 1 is 1.24 bits per heavy atom. The van der Waals surface area contributed by atoms with Gasteiger partial charge in [-0.3, -0.25) is 9.69 Å². The highest BCUT2D eigenvalue weighted by Gasteiger charge is 2.31. The second-order valence-corrected chi connectivity index (χ2v) is 5.66. The monoisotopic (exact) mass is 294 g/mol. The molecule has 0 unspecified atom stereocenters. The largest absolute Gasteiger partial charge is 0.495 e. The summed E-state index contributed by atoms with van der Waals surface area (Å²) in [5.41, 5.74) is -0.0178. The number of para-hydroxylation sites is 2. The van der Waals surface area contributed by atoms with E-state index in [1.54, 1.807) is 52.1 Å². The average Bonchev–Trinajstić information content (AvgIpc) is 2.41. The highest BCUT2D eigenvalue weighted by Crippen LogP contribution is 2.28. The summed E-state index contributed by atoms with van der Waals surface area (Å²) >= 11 is 0. The Balaban J connectivity index is 3.11. The van der Waals surface area contributed by atoms with Gasteiger partial charge in [0.1, 0.15) is 12.3 Å². The van der Waals surface area contributed by atoms with Gasteiger partial charge in [0.2, 0.25) is 0 Å². The molecule has 0 saturated carbocycles. The van der Waals surface area contributed by atoms with E-state index in [4.69, 9.17) is 9.84 Å². The van der Waals surface area contributed by atoms with Crippen molar-refractivity contribution in [2.45, 2.75) is 26.3 Å². The first-order valence-corrected chi connectivity index (χ1v) is 6.58. The number of hydrogen-bond donors (Lipinski definition) is 1. The van der Waals surface area contributed by atoms with Gasteiger partial charge >= 0.3 is 12.0 Å². The maximum absolute atomic E-state index is 12.6. The standard InChI is InChI=1S/C15H22N2O4/c1-15(2,3)17(10-13(18)19)14(20)16(4)11-8-6-7-9-12(11)21-5/h6-9H,10H2,1-5H3,(H,18,19). The molecule has 21 heavy (non-hydrogen) atoms. The number of amides is 2. The second-order valence-electron chi connectivity index (χ2n) is 5.66. The number of rotatable bonds is 4. The summed E-state index contributed by atoms with van der Waals surface area (Å²) in [5.74, 6) is -0.496. The van der Waals surface area contributed by atoms with E-state index in [9.17, 15) is 9.59 Å². The second kappa shape index (κ2) is 6.47. The minimum atomic E-state index is -1.05. The summed E-state index contributed by atoms with van der Waals surface area (Å²) in [5, 5.41) is 9.01. The van der Waals surface area contributed by atoms with Gasteiger partial charge in [-0.15, -0.1) is 0 Å². The molecule has 6 nitrogen and oxygen atoms in total. The molecule has 6 heteroatoms. The van der Waals surface area contributed by atoms with Crippen LogP contribution >= 0.6 is 0 Å². The minimum Gasteiger partial charge on any atom is -0.495 e. The molecule has 0 radical (unpaired) electrons. The lowest BCUT2D eigenvalue weighted by atomic mass is 10.1. The minimum absolute atomic E-state index is 0.359. The van der Waals surface area contributed by atoms with Gasteiger partial charge in [0.05, 0.1) is 12.8 Å². The van der Waals surface area contributed by atoms with Gasteiger partial charge in [0.15, 0.2) is 0 Å². The molecule has 0 atom stereocenters. The average molecular weight is 294 g/mol. The number of carbonyl (C=O) groups is 2. The third-order valence-electron chi connectivity index (χ3n) is 3.07. The fourth-order valence-electron chi connectivity index (χ4n) is 1.92. The SMILES string of the molecule is COc1ccccc1N(C)C(=O)N(CC(=O)O)C(C)(C)C. The number of anilines is 1. The quantitative estimate of drug-likeness (QED) is 0.926. The fourth-order valence-corrected chi connectivity index (χ4v) is 1.92. The van der Waals surface area contributed by atoms with Crippen LogP contribution in [0.2, 0.25) is 0 Å². The molecule has 0 aliphatic rings. The van der Waals surface area contributed by atoms with Crippen LogP contribution < -0.4 is 9.64 Å². The van der Waals surface area contributed by atoms with E-state index < -0.39 is 17.5 Å². The van der Waals surface area contributed by atoms with Crippen molar-refractivity contribution in [1.82, 2.24) is 4.90 Å². The molecule has 0 fully saturated rings. The van der Waals surface area contributed by atoms with Crippen molar-refractivity contribution in [3.05, 3.63) is 24.3 Å². The highest BCUT2D eigenvalue weighted by molar-refractivity contribution is 5.95. The molecule has 0 aliphatic carbocycles. The lowest BCUT2D eigenvalue weighted by molar-refractivity contribution is -0.138. The van der Waals surface area contributed by atoms with Crippen molar-refractivity contribution in [2.24, 2.45) is 0 Å². The van der Waals surface area contributed by atoms with Crippen LogP contribution in [0.4, 0.5) is 10.5 Å². The van der Waals surface area contributed by atoms with Gasteiger partial charge in [-0.05, 0) is 32.9 Å². The smallest absolute Gasteiger partial charge is 0.325 e. The zero-order chi connectivity index (χ0) is 16.2. The molecule has 0 spiro atoms. The van der Waals surface area contributed by atoms with E-state index >= 15 is 0 Å². The first-order valence-electron chi connectivity index (χ1n) is 6.58. The molecule has 116 valence electrons. The van der Waals surface area contributed by atoms with Gasteiger partial charge in [-0.25, -0.2) is 4.79 Å². The fraction of sp³-hybridized carbons (Fsp3) is 0.467. The van der Waals surface area contributed by atoms with Crippen molar-refractivity contribution in [3.63, 3.8) is 0 Å². The summed E-state index contributed by atoms with van der Waals surface area (Å²) in [4.78, 5) is 26.3. The van der Waals surface area contributed by atoms with Gasteiger partial charge < -0.3 is 14.7 Å². The molecule has 1 aromatic rings. The van der Waals surface area contributed by atoms with E-state index in [-0.39, 0.29) is 6.54 Å². The molecule has 1 rings (SSSR count). The van der Waals surface area contributed by atoms with Gasteiger partial charge in [0, 0.05) is 12.6 Å². The number of carboxylic acid groups (broad SMARTS) is 1. The Kier molecular flexibility index (Phi) is 5.18. The number of ether oxygens (including phenoxy) is 1. The van der Waals surface area contributed by atoms with Crippen molar-refractivity contribution in [2.75, 3.05) is 25.6 Å². The summed E-state index contributed by atoms with van der Waals surface area (Å²) < 4.78 is 5.23. The maximum atomic E-state index is 12.6. The van der Waals surface area contributed by atoms with E-state index in [0.29, 0.717) is 11.4 Å². The number of hydrogen-bond acceptors (Lipinski definition) is 3. The Morgan fingerprint density at radius 3 is 2.29 bits per heavy atom. The molecule has 0 aromatic heterocycles. The van der Waals surface area contributed by atoms with Crippen LogP contribution in [0, 0.1) is 0 Å². The van der Waals surface area contributed by atoms with E-state index in [0.717, 1.165) is 0 Å². The predicted molar refractivity (Wildman–Crippen MR) is 80.9 cm³/mol. The molecule has 2 amide bonds. The number of methoxy groups -OCH3 is 1.